The molecule has 3 N–H and O–H groups in total. The van der Waals surface area contributed by atoms with Crippen LogP contribution in [0.2, 0.25) is 0 Å². The van der Waals surface area contributed by atoms with Gasteiger partial charge in [0.15, 0.2) is 5.13 Å². The number of aromatic nitrogens is 1. The van der Waals surface area contributed by atoms with Crippen molar-refractivity contribution >= 4 is 22.4 Å². The maximum atomic E-state index is 11.7. The molecule has 1 aromatic heterocycles. The molecule has 0 unspecified atom stereocenters. The summed E-state index contributed by atoms with van der Waals surface area (Å²) in [4.78, 5) is 17.6. The summed E-state index contributed by atoms with van der Waals surface area (Å²) in [7, 11) is 0. The fourth-order valence-electron chi connectivity index (χ4n) is 2.45. The summed E-state index contributed by atoms with van der Waals surface area (Å²) in [6.07, 6.45) is 3.21. The van der Waals surface area contributed by atoms with Crippen LogP contribution >= 0.6 is 11.3 Å². The number of fused-ring (bicyclic) bond motifs is 3. The van der Waals surface area contributed by atoms with Gasteiger partial charge in [-0.2, -0.15) is 0 Å². The van der Waals surface area contributed by atoms with Gasteiger partial charge in [0.05, 0.1) is 5.69 Å². The first kappa shape index (κ1) is 13.3. The van der Waals surface area contributed by atoms with Gasteiger partial charge in [0.2, 0.25) is 5.91 Å². The average molecular weight is 287 g/mol. The summed E-state index contributed by atoms with van der Waals surface area (Å²) in [5.41, 5.74) is 8.98. The first-order chi connectivity index (χ1) is 9.78. The van der Waals surface area contributed by atoms with Gasteiger partial charge in [-0.1, -0.05) is 24.3 Å². The number of thiazole rings is 1. The zero-order valence-corrected chi connectivity index (χ0v) is 12.0. The Morgan fingerprint density at radius 2 is 2.20 bits per heavy atom. The van der Waals surface area contributed by atoms with Crippen LogP contribution in [0.4, 0.5) is 5.13 Å². The van der Waals surface area contributed by atoms with Crippen LogP contribution in [0.15, 0.2) is 24.3 Å². The molecule has 1 aliphatic rings. The lowest BCUT2D eigenvalue weighted by molar-refractivity contribution is -0.116. The lowest BCUT2D eigenvalue weighted by Crippen LogP contribution is -2.13. The summed E-state index contributed by atoms with van der Waals surface area (Å²) in [6, 6.07) is 8.35. The zero-order chi connectivity index (χ0) is 13.9. The molecule has 0 radical (unpaired) electrons. The third-order valence-corrected chi connectivity index (χ3v) is 4.48. The van der Waals surface area contributed by atoms with Crippen LogP contribution in [0.5, 0.6) is 0 Å². The molecule has 5 heteroatoms. The average Bonchev–Trinajstić information content (AvgIpc) is 2.88. The van der Waals surface area contributed by atoms with E-state index < -0.39 is 0 Å². The van der Waals surface area contributed by atoms with E-state index in [-0.39, 0.29) is 5.91 Å². The Bertz CT molecular complexity index is 636. The van der Waals surface area contributed by atoms with Crippen LogP contribution in [-0.2, 0) is 17.6 Å². The van der Waals surface area contributed by atoms with Crippen molar-refractivity contribution in [2.75, 3.05) is 11.9 Å². The molecule has 0 aliphatic heterocycles. The van der Waals surface area contributed by atoms with Crippen molar-refractivity contribution in [2.45, 2.75) is 25.7 Å². The predicted octanol–water partition coefficient (Wildman–Crippen LogP) is 2.59. The van der Waals surface area contributed by atoms with Gasteiger partial charge < -0.3 is 11.1 Å². The Kier molecular flexibility index (Phi) is 3.80. The zero-order valence-electron chi connectivity index (χ0n) is 11.2. The number of carbonyl (C=O) groups excluding carboxylic acids is 1. The van der Waals surface area contributed by atoms with Crippen LogP contribution in [0.3, 0.4) is 0 Å². The summed E-state index contributed by atoms with van der Waals surface area (Å²) >= 11 is 1.59. The lowest BCUT2D eigenvalue weighted by Gasteiger charge is -2.13. The number of anilines is 1. The van der Waals surface area contributed by atoms with E-state index in [1.807, 2.05) is 6.07 Å². The number of hydrogen-bond acceptors (Lipinski definition) is 4. The molecular weight excluding hydrogens is 270 g/mol. The minimum atomic E-state index is -0.00479. The highest BCUT2D eigenvalue weighted by Crippen LogP contribution is 2.37. The second-order valence-electron chi connectivity index (χ2n) is 4.89. The van der Waals surface area contributed by atoms with Gasteiger partial charge in [-0.25, -0.2) is 4.98 Å². The molecule has 1 amide bonds. The Morgan fingerprint density at radius 1 is 1.35 bits per heavy atom. The molecule has 0 spiro atoms. The molecule has 0 saturated carbocycles. The second-order valence-corrected chi connectivity index (χ2v) is 5.97. The van der Waals surface area contributed by atoms with Gasteiger partial charge in [-0.3, -0.25) is 4.79 Å². The van der Waals surface area contributed by atoms with Crippen molar-refractivity contribution in [1.29, 1.82) is 0 Å². The van der Waals surface area contributed by atoms with Crippen molar-refractivity contribution in [3.05, 3.63) is 34.7 Å². The molecule has 1 aliphatic carbocycles. The fraction of sp³-hybridized carbons (Fsp3) is 0.333. The van der Waals surface area contributed by atoms with Crippen molar-refractivity contribution in [3.8, 4) is 11.3 Å². The summed E-state index contributed by atoms with van der Waals surface area (Å²) in [6.45, 7) is 0.537. The number of nitrogens with zero attached hydrogens (tertiary/aromatic N) is 1. The molecule has 1 aromatic carbocycles. The van der Waals surface area contributed by atoms with E-state index in [1.165, 1.54) is 16.0 Å². The quantitative estimate of drug-likeness (QED) is 0.908. The van der Waals surface area contributed by atoms with Gasteiger partial charge in [0.1, 0.15) is 0 Å². The number of nitrogens with one attached hydrogen (secondary N) is 1. The highest BCUT2D eigenvalue weighted by Gasteiger charge is 2.20. The Morgan fingerprint density at radius 3 is 3.05 bits per heavy atom. The molecule has 104 valence electrons. The van der Waals surface area contributed by atoms with Gasteiger partial charge in [0, 0.05) is 16.9 Å². The number of aryl methyl sites for hydroxylation is 2. The van der Waals surface area contributed by atoms with Gasteiger partial charge in [0.25, 0.3) is 0 Å². The van der Waals surface area contributed by atoms with E-state index in [0.29, 0.717) is 24.5 Å². The topological polar surface area (TPSA) is 68.0 Å². The molecule has 3 rings (SSSR count). The highest BCUT2D eigenvalue weighted by atomic mass is 32.1. The Hall–Kier alpha value is -1.72. The maximum Gasteiger partial charge on any atom is 0.226 e. The second kappa shape index (κ2) is 5.73. The minimum Gasteiger partial charge on any atom is -0.330 e. The molecular formula is C15H17N3OS. The summed E-state index contributed by atoms with van der Waals surface area (Å²) in [5, 5.41) is 3.58. The smallest absolute Gasteiger partial charge is 0.226 e. The maximum absolute atomic E-state index is 11.7. The summed E-state index contributed by atoms with van der Waals surface area (Å²) in [5.74, 6) is -0.00479. The number of nitrogens with two attached hydrogens (primary N) is 1. The van der Waals surface area contributed by atoms with Gasteiger partial charge in [-0.15, -0.1) is 11.3 Å². The molecule has 0 saturated heterocycles. The number of hydrogen-bond donors (Lipinski definition) is 2. The van der Waals surface area contributed by atoms with Crippen LogP contribution in [-0.4, -0.2) is 17.4 Å². The molecule has 0 fully saturated rings. The van der Waals surface area contributed by atoms with E-state index in [1.54, 1.807) is 11.3 Å². The van der Waals surface area contributed by atoms with E-state index in [0.717, 1.165) is 18.5 Å². The first-order valence-corrected chi connectivity index (χ1v) is 7.67. The minimum absolute atomic E-state index is 0.00479. The van der Waals surface area contributed by atoms with Crippen molar-refractivity contribution in [3.63, 3.8) is 0 Å². The Balaban J connectivity index is 1.82. The fourth-order valence-corrected chi connectivity index (χ4v) is 3.44. The van der Waals surface area contributed by atoms with E-state index in [4.69, 9.17) is 5.73 Å². The first-order valence-electron chi connectivity index (χ1n) is 6.86. The number of carbonyl (C=O) groups is 1. The van der Waals surface area contributed by atoms with Crippen LogP contribution in [0.25, 0.3) is 11.3 Å². The third-order valence-electron chi connectivity index (χ3n) is 3.45. The number of rotatable bonds is 4. The largest absolute Gasteiger partial charge is 0.330 e. The number of benzene rings is 1. The predicted molar refractivity (Wildman–Crippen MR) is 81.9 cm³/mol. The lowest BCUT2D eigenvalue weighted by atomic mass is 9.94. The molecule has 2 aromatic rings. The number of amides is 1. The molecule has 20 heavy (non-hydrogen) atoms. The van der Waals surface area contributed by atoms with Crippen LogP contribution in [0, 0.1) is 0 Å². The van der Waals surface area contributed by atoms with Gasteiger partial charge >= 0.3 is 0 Å². The highest BCUT2D eigenvalue weighted by molar-refractivity contribution is 7.16. The SMILES string of the molecule is NCCCC(=O)Nc1nc2c(s1)CCc1ccccc1-2. The Labute approximate surface area is 122 Å². The van der Waals surface area contributed by atoms with E-state index >= 15 is 0 Å². The molecule has 0 bridgehead atoms. The van der Waals surface area contributed by atoms with Crippen molar-refractivity contribution in [1.82, 2.24) is 4.98 Å². The van der Waals surface area contributed by atoms with E-state index in [9.17, 15) is 4.79 Å². The molecule has 1 heterocycles. The standard InChI is InChI=1S/C15H17N3OS/c16-9-3-6-13(19)17-15-18-14-11-5-2-1-4-10(11)7-8-12(14)20-15/h1-2,4-5H,3,6-9,16H2,(H,17,18,19). The van der Waals surface area contributed by atoms with Crippen molar-refractivity contribution in [2.24, 2.45) is 5.73 Å². The molecule has 4 nitrogen and oxygen atoms in total. The molecule has 0 atom stereocenters. The van der Waals surface area contributed by atoms with Crippen molar-refractivity contribution < 1.29 is 4.79 Å². The van der Waals surface area contributed by atoms with Crippen LogP contribution < -0.4 is 11.1 Å². The monoisotopic (exact) mass is 287 g/mol. The third kappa shape index (κ3) is 2.59. The van der Waals surface area contributed by atoms with E-state index in [2.05, 4.69) is 28.5 Å². The van der Waals surface area contributed by atoms with Gasteiger partial charge in [-0.05, 0) is 31.4 Å². The normalized spacial score (nSPS) is 12.7. The summed E-state index contributed by atoms with van der Waals surface area (Å²) < 4.78 is 0. The van der Waals surface area contributed by atoms with Crippen LogP contribution in [0.1, 0.15) is 23.3 Å².